The van der Waals surface area contributed by atoms with E-state index in [0.717, 1.165) is 10.9 Å². The number of anilines is 1. The van der Waals surface area contributed by atoms with Gasteiger partial charge in [-0.25, -0.2) is 0 Å². The smallest absolute Gasteiger partial charge is 0.250 e. The number of hydrogen-bond donors (Lipinski definition) is 2. The lowest BCUT2D eigenvalue weighted by molar-refractivity contribution is -0.116. The lowest BCUT2D eigenvalue weighted by atomic mass is 10.1. The SMILES string of the molecule is Cc1ccc2c(ccn2CC(=O)Nc2ccccc2C(N)=O)c1. The predicted octanol–water partition coefficient (Wildman–Crippen LogP) is 2.69. The minimum absolute atomic E-state index is 0.166. The zero-order valence-corrected chi connectivity index (χ0v) is 12.7. The van der Waals surface area contributed by atoms with Crippen LogP contribution in [0.2, 0.25) is 0 Å². The van der Waals surface area contributed by atoms with E-state index in [0.29, 0.717) is 11.3 Å². The van der Waals surface area contributed by atoms with Crippen molar-refractivity contribution >= 4 is 28.4 Å². The molecule has 3 N–H and O–H groups in total. The van der Waals surface area contributed by atoms with Gasteiger partial charge in [0.1, 0.15) is 6.54 Å². The Morgan fingerprint density at radius 3 is 2.70 bits per heavy atom. The van der Waals surface area contributed by atoms with Crippen molar-refractivity contribution in [3.05, 3.63) is 65.9 Å². The summed E-state index contributed by atoms with van der Waals surface area (Å²) in [7, 11) is 0. The molecular weight excluding hydrogens is 290 g/mol. The minimum Gasteiger partial charge on any atom is -0.366 e. The van der Waals surface area contributed by atoms with Crippen molar-refractivity contribution in [1.82, 2.24) is 4.57 Å². The number of primary amides is 1. The number of nitrogens with zero attached hydrogens (tertiary/aromatic N) is 1. The first-order chi connectivity index (χ1) is 11.0. The minimum atomic E-state index is -0.567. The van der Waals surface area contributed by atoms with E-state index in [-0.39, 0.29) is 12.5 Å². The highest BCUT2D eigenvalue weighted by molar-refractivity contribution is 6.03. The molecule has 1 aromatic heterocycles. The van der Waals surface area contributed by atoms with Crippen LogP contribution in [0.15, 0.2) is 54.7 Å². The topological polar surface area (TPSA) is 77.1 Å². The molecule has 3 aromatic rings. The van der Waals surface area contributed by atoms with Gasteiger partial charge < -0.3 is 15.6 Å². The molecule has 0 unspecified atom stereocenters. The molecule has 3 rings (SSSR count). The first-order valence-electron chi connectivity index (χ1n) is 7.29. The van der Waals surface area contributed by atoms with E-state index in [1.807, 2.05) is 35.9 Å². The Balaban J connectivity index is 1.81. The monoisotopic (exact) mass is 307 g/mol. The van der Waals surface area contributed by atoms with Gasteiger partial charge in [-0.15, -0.1) is 0 Å². The zero-order chi connectivity index (χ0) is 16.4. The fourth-order valence-electron chi connectivity index (χ4n) is 2.61. The van der Waals surface area contributed by atoms with Gasteiger partial charge >= 0.3 is 0 Å². The molecule has 0 aliphatic heterocycles. The maximum absolute atomic E-state index is 12.3. The largest absolute Gasteiger partial charge is 0.366 e. The molecule has 0 aliphatic carbocycles. The molecule has 0 fully saturated rings. The van der Waals surface area contributed by atoms with Crippen molar-refractivity contribution in [2.24, 2.45) is 5.73 Å². The number of rotatable bonds is 4. The number of amides is 2. The van der Waals surface area contributed by atoms with E-state index in [1.54, 1.807) is 24.3 Å². The predicted molar refractivity (Wildman–Crippen MR) is 90.3 cm³/mol. The summed E-state index contributed by atoms with van der Waals surface area (Å²) in [5, 5.41) is 3.84. The molecule has 2 amide bonds. The highest BCUT2D eigenvalue weighted by Gasteiger charge is 2.11. The summed E-state index contributed by atoms with van der Waals surface area (Å²) in [5.41, 5.74) is 8.22. The number of nitrogens with one attached hydrogen (secondary N) is 1. The number of nitrogens with two attached hydrogens (primary N) is 1. The van der Waals surface area contributed by atoms with Crippen LogP contribution in [0.25, 0.3) is 10.9 Å². The van der Waals surface area contributed by atoms with E-state index < -0.39 is 5.91 Å². The van der Waals surface area contributed by atoms with Crippen LogP contribution in [0.5, 0.6) is 0 Å². The van der Waals surface area contributed by atoms with Crippen molar-refractivity contribution in [2.45, 2.75) is 13.5 Å². The van der Waals surface area contributed by atoms with E-state index in [9.17, 15) is 9.59 Å². The summed E-state index contributed by atoms with van der Waals surface area (Å²) in [6.45, 7) is 2.20. The van der Waals surface area contributed by atoms with Crippen molar-refractivity contribution in [2.75, 3.05) is 5.32 Å². The van der Waals surface area contributed by atoms with Crippen LogP contribution in [0.4, 0.5) is 5.69 Å². The molecule has 0 atom stereocenters. The molecular formula is C18H17N3O2. The Labute approximate surface area is 133 Å². The third kappa shape index (κ3) is 3.08. The Kier molecular flexibility index (Phi) is 3.85. The van der Waals surface area contributed by atoms with Gasteiger partial charge in [-0.05, 0) is 42.6 Å². The molecule has 0 saturated heterocycles. The summed E-state index contributed by atoms with van der Waals surface area (Å²) in [6, 6.07) is 14.8. The molecule has 116 valence electrons. The number of carbonyl (C=O) groups excluding carboxylic acids is 2. The molecule has 1 heterocycles. The Bertz CT molecular complexity index is 896. The number of carbonyl (C=O) groups is 2. The highest BCUT2D eigenvalue weighted by Crippen LogP contribution is 2.18. The van der Waals surface area contributed by atoms with Gasteiger partial charge in [0.05, 0.1) is 11.3 Å². The number of aromatic nitrogens is 1. The molecule has 5 nitrogen and oxygen atoms in total. The van der Waals surface area contributed by atoms with Gasteiger partial charge in [0.25, 0.3) is 5.91 Å². The fraction of sp³-hybridized carbons (Fsp3) is 0.111. The van der Waals surface area contributed by atoms with Crippen LogP contribution in [0.3, 0.4) is 0 Å². The maximum Gasteiger partial charge on any atom is 0.250 e. The van der Waals surface area contributed by atoms with Crippen LogP contribution >= 0.6 is 0 Å². The van der Waals surface area contributed by atoms with Crippen molar-refractivity contribution in [3.8, 4) is 0 Å². The van der Waals surface area contributed by atoms with Crippen LogP contribution in [0, 0.1) is 6.92 Å². The molecule has 0 radical (unpaired) electrons. The lowest BCUT2D eigenvalue weighted by Crippen LogP contribution is -2.21. The summed E-state index contributed by atoms with van der Waals surface area (Å²) in [4.78, 5) is 23.7. The van der Waals surface area contributed by atoms with E-state index in [4.69, 9.17) is 5.73 Å². The van der Waals surface area contributed by atoms with E-state index in [1.165, 1.54) is 5.56 Å². The summed E-state index contributed by atoms with van der Waals surface area (Å²) >= 11 is 0. The van der Waals surface area contributed by atoms with Gasteiger partial charge in [0, 0.05) is 11.7 Å². The van der Waals surface area contributed by atoms with Crippen molar-refractivity contribution in [3.63, 3.8) is 0 Å². The van der Waals surface area contributed by atoms with Gasteiger partial charge in [-0.2, -0.15) is 0 Å². The molecule has 23 heavy (non-hydrogen) atoms. The third-order valence-electron chi connectivity index (χ3n) is 3.71. The average Bonchev–Trinajstić information content (AvgIpc) is 2.89. The van der Waals surface area contributed by atoms with Crippen molar-refractivity contribution in [1.29, 1.82) is 0 Å². The van der Waals surface area contributed by atoms with E-state index in [2.05, 4.69) is 11.4 Å². The molecule has 0 aliphatic rings. The Morgan fingerprint density at radius 1 is 1.13 bits per heavy atom. The van der Waals surface area contributed by atoms with Gasteiger partial charge in [-0.3, -0.25) is 9.59 Å². The fourth-order valence-corrected chi connectivity index (χ4v) is 2.61. The standard InChI is InChI=1S/C18H17N3O2/c1-12-6-7-16-13(10-12)8-9-21(16)11-17(22)20-15-5-3-2-4-14(15)18(19)23/h2-10H,11H2,1H3,(H2,19,23)(H,20,22). The quantitative estimate of drug-likeness (QED) is 0.777. The molecule has 2 aromatic carbocycles. The second-order valence-electron chi connectivity index (χ2n) is 5.46. The van der Waals surface area contributed by atoms with Gasteiger partial charge in [0.15, 0.2) is 0 Å². The second-order valence-corrected chi connectivity index (χ2v) is 5.46. The number of para-hydroxylation sites is 1. The number of hydrogen-bond acceptors (Lipinski definition) is 2. The first-order valence-corrected chi connectivity index (χ1v) is 7.29. The summed E-state index contributed by atoms with van der Waals surface area (Å²) in [6.07, 6.45) is 1.88. The molecule has 5 heteroatoms. The summed E-state index contributed by atoms with van der Waals surface area (Å²) < 4.78 is 1.87. The van der Waals surface area contributed by atoms with Crippen molar-refractivity contribution < 1.29 is 9.59 Å². The van der Waals surface area contributed by atoms with Crippen LogP contribution in [-0.4, -0.2) is 16.4 Å². The Morgan fingerprint density at radius 2 is 1.91 bits per heavy atom. The van der Waals surface area contributed by atoms with Gasteiger partial charge in [0.2, 0.25) is 5.91 Å². The summed E-state index contributed by atoms with van der Waals surface area (Å²) in [5.74, 6) is -0.778. The first kappa shape index (κ1) is 14.8. The Hall–Kier alpha value is -3.08. The van der Waals surface area contributed by atoms with Crippen LogP contribution in [0.1, 0.15) is 15.9 Å². The lowest BCUT2D eigenvalue weighted by Gasteiger charge is -2.10. The second kappa shape index (κ2) is 5.96. The third-order valence-corrected chi connectivity index (χ3v) is 3.71. The van der Waals surface area contributed by atoms with E-state index >= 15 is 0 Å². The number of fused-ring (bicyclic) bond motifs is 1. The molecule has 0 saturated carbocycles. The normalized spacial score (nSPS) is 10.7. The van der Waals surface area contributed by atoms with Gasteiger partial charge in [-0.1, -0.05) is 23.8 Å². The molecule has 0 spiro atoms. The zero-order valence-electron chi connectivity index (χ0n) is 12.7. The number of benzene rings is 2. The molecule has 0 bridgehead atoms. The average molecular weight is 307 g/mol. The maximum atomic E-state index is 12.3. The van der Waals surface area contributed by atoms with Crippen LogP contribution < -0.4 is 11.1 Å². The van der Waals surface area contributed by atoms with Crippen LogP contribution in [-0.2, 0) is 11.3 Å². The number of aryl methyl sites for hydroxylation is 1. The highest BCUT2D eigenvalue weighted by atomic mass is 16.2.